The summed E-state index contributed by atoms with van der Waals surface area (Å²) in [5.41, 5.74) is 0.0574. The van der Waals surface area contributed by atoms with Crippen LogP contribution in [-0.4, -0.2) is 14.8 Å². The molecule has 0 bridgehead atoms. The number of nitrogens with zero attached hydrogens (tertiary/aromatic N) is 1. The van der Waals surface area contributed by atoms with Crippen molar-refractivity contribution in [3.05, 3.63) is 50.9 Å². The minimum absolute atomic E-state index is 0.129. The number of hydrogen-bond acceptors (Lipinski definition) is 2. The molecule has 0 saturated heterocycles. The molecule has 6 heteroatoms. The largest absolute Gasteiger partial charge is 0.342 e. The van der Waals surface area contributed by atoms with E-state index in [2.05, 4.69) is 10.2 Å². The molecule has 2 aromatic rings. The highest BCUT2D eigenvalue weighted by atomic mass is 32.1. The first-order chi connectivity index (χ1) is 7.18. The Labute approximate surface area is 89.4 Å². The van der Waals surface area contributed by atoms with Crippen LogP contribution in [0.5, 0.6) is 0 Å². The van der Waals surface area contributed by atoms with Gasteiger partial charge in [0, 0.05) is 5.56 Å². The van der Waals surface area contributed by atoms with E-state index in [9.17, 15) is 9.18 Å². The zero-order valence-corrected chi connectivity index (χ0v) is 8.47. The van der Waals surface area contributed by atoms with E-state index in [4.69, 9.17) is 12.2 Å². The van der Waals surface area contributed by atoms with Crippen molar-refractivity contribution in [1.29, 1.82) is 0 Å². The Morgan fingerprint density at radius 3 is 2.67 bits per heavy atom. The van der Waals surface area contributed by atoms with Crippen molar-refractivity contribution >= 4 is 12.2 Å². The summed E-state index contributed by atoms with van der Waals surface area (Å²) < 4.78 is 14.8. The minimum Gasteiger partial charge on any atom is -0.272 e. The number of halogens is 1. The quantitative estimate of drug-likeness (QED) is 0.759. The fourth-order valence-corrected chi connectivity index (χ4v) is 1.47. The molecule has 0 unspecified atom stereocenters. The monoisotopic (exact) mass is 225 g/mol. The molecule has 0 fully saturated rings. The van der Waals surface area contributed by atoms with E-state index in [0.717, 1.165) is 0 Å². The van der Waals surface area contributed by atoms with Crippen LogP contribution in [0, 0.1) is 10.6 Å². The molecule has 0 aliphatic heterocycles. The highest BCUT2D eigenvalue weighted by molar-refractivity contribution is 7.71. The lowest BCUT2D eigenvalue weighted by Crippen LogP contribution is -2.18. The van der Waals surface area contributed by atoms with E-state index < -0.39 is 0 Å². The van der Waals surface area contributed by atoms with Gasteiger partial charge >= 0.3 is 5.69 Å². The highest BCUT2D eigenvalue weighted by Gasteiger charge is 2.05. The van der Waals surface area contributed by atoms with E-state index in [-0.39, 0.29) is 22.8 Å². The first kappa shape index (κ1) is 9.85. The third-order valence-electron chi connectivity index (χ3n) is 2.05. The molecule has 0 amide bonds. The summed E-state index contributed by atoms with van der Waals surface area (Å²) in [7, 11) is 0. The molecule has 4 nitrogen and oxygen atoms in total. The maximum atomic E-state index is 13.3. The Kier molecular flexibility index (Phi) is 2.51. The Bertz CT molecular complexity index is 556. The summed E-state index contributed by atoms with van der Waals surface area (Å²) in [5.74, 6) is -0.347. The van der Waals surface area contributed by atoms with Crippen LogP contribution in [0.2, 0.25) is 0 Å². The lowest BCUT2D eigenvalue weighted by Gasteiger charge is -2.01. The van der Waals surface area contributed by atoms with Crippen LogP contribution < -0.4 is 5.69 Å². The zero-order valence-electron chi connectivity index (χ0n) is 7.66. The molecule has 1 heterocycles. The Morgan fingerprint density at radius 1 is 1.33 bits per heavy atom. The fraction of sp³-hybridized carbons (Fsp3) is 0.111. The third kappa shape index (κ3) is 1.89. The van der Waals surface area contributed by atoms with E-state index in [1.54, 1.807) is 18.2 Å². The first-order valence-electron chi connectivity index (χ1n) is 4.29. The standard InChI is InChI=1S/C9H8FN3OS/c10-7-4-2-1-3-6(7)5-13-8(14)11-12-9(13)15/h1-4H,5H2,(H,11,14)(H,12,15). The van der Waals surface area contributed by atoms with E-state index >= 15 is 0 Å². The second kappa shape index (κ2) is 3.82. The van der Waals surface area contributed by atoms with Crippen molar-refractivity contribution in [2.45, 2.75) is 6.54 Å². The number of aromatic amines is 2. The Morgan fingerprint density at radius 2 is 2.07 bits per heavy atom. The topological polar surface area (TPSA) is 53.6 Å². The molecule has 78 valence electrons. The van der Waals surface area contributed by atoms with E-state index in [1.807, 2.05) is 0 Å². The van der Waals surface area contributed by atoms with E-state index in [1.165, 1.54) is 10.6 Å². The number of aromatic nitrogens is 3. The van der Waals surface area contributed by atoms with Gasteiger partial charge in [0.1, 0.15) is 5.82 Å². The molecule has 1 aromatic carbocycles. The molecule has 0 atom stereocenters. The number of nitrogens with one attached hydrogen (secondary N) is 2. The van der Waals surface area contributed by atoms with Crippen LogP contribution in [0.4, 0.5) is 4.39 Å². The second-order valence-corrected chi connectivity index (χ2v) is 3.42. The van der Waals surface area contributed by atoms with Crippen molar-refractivity contribution in [1.82, 2.24) is 14.8 Å². The summed E-state index contributed by atoms with van der Waals surface area (Å²) in [6, 6.07) is 6.27. The van der Waals surface area contributed by atoms with Gasteiger partial charge in [0.05, 0.1) is 6.54 Å². The smallest absolute Gasteiger partial charge is 0.272 e. The summed E-state index contributed by atoms with van der Waals surface area (Å²) in [5, 5.41) is 4.83. The number of rotatable bonds is 2. The average molecular weight is 225 g/mol. The Balaban J connectivity index is 2.42. The molecular weight excluding hydrogens is 217 g/mol. The van der Waals surface area contributed by atoms with Crippen LogP contribution in [0.15, 0.2) is 29.1 Å². The van der Waals surface area contributed by atoms with Gasteiger partial charge in [-0.25, -0.2) is 14.3 Å². The summed E-state index contributed by atoms with van der Waals surface area (Å²) in [6.07, 6.45) is 0. The van der Waals surface area contributed by atoms with Gasteiger partial charge in [-0.2, -0.15) is 0 Å². The van der Waals surface area contributed by atoms with Crippen LogP contribution in [0.1, 0.15) is 5.56 Å². The number of H-pyrrole nitrogens is 2. The lowest BCUT2D eigenvalue weighted by atomic mass is 10.2. The molecule has 15 heavy (non-hydrogen) atoms. The van der Waals surface area contributed by atoms with Gasteiger partial charge in [0.15, 0.2) is 4.77 Å². The van der Waals surface area contributed by atoms with Crippen molar-refractivity contribution in [3.63, 3.8) is 0 Å². The van der Waals surface area contributed by atoms with Gasteiger partial charge in [0.25, 0.3) is 0 Å². The maximum absolute atomic E-state index is 13.3. The summed E-state index contributed by atoms with van der Waals surface area (Å²) >= 11 is 4.87. The maximum Gasteiger partial charge on any atom is 0.342 e. The SMILES string of the molecule is O=c1[nH][nH]c(=S)n1Cc1ccccc1F. The lowest BCUT2D eigenvalue weighted by molar-refractivity contribution is 0.595. The van der Waals surface area contributed by atoms with Crippen molar-refractivity contribution in [3.8, 4) is 0 Å². The highest BCUT2D eigenvalue weighted by Crippen LogP contribution is 2.07. The molecule has 2 rings (SSSR count). The summed E-state index contributed by atoms with van der Waals surface area (Å²) in [4.78, 5) is 11.2. The van der Waals surface area contributed by atoms with Gasteiger partial charge in [-0.15, -0.1) is 0 Å². The van der Waals surface area contributed by atoms with Crippen molar-refractivity contribution < 1.29 is 4.39 Å². The van der Waals surface area contributed by atoms with Gasteiger partial charge in [-0.05, 0) is 18.3 Å². The zero-order chi connectivity index (χ0) is 10.8. The van der Waals surface area contributed by atoms with Crippen LogP contribution in [0.3, 0.4) is 0 Å². The molecule has 0 aliphatic rings. The van der Waals surface area contributed by atoms with Crippen molar-refractivity contribution in [2.24, 2.45) is 0 Å². The second-order valence-electron chi connectivity index (χ2n) is 3.04. The molecule has 0 radical (unpaired) electrons. The molecular formula is C9H8FN3OS. The minimum atomic E-state index is -0.372. The van der Waals surface area contributed by atoms with Crippen LogP contribution in [-0.2, 0) is 6.54 Å². The summed E-state index contributed by atoms with van der Waals surface area (Å²) in [6.45, 7) is 0.129. The average Bonchev–Trinajstić information content (AvgIpc) is 2.53. The normalized spacial score (nSPS) is 10.5. The molecule has 2 N–H and O–H groups in total. The molecule has 0 spiro atoms. The van der Waals surface area contributed by atoms with Gasteiger partial charge in [0.2, 0.25) is 0 Å². The fourth-order valence-electron chi connectivity index (χ4n) is 1.27. The van der Waals surface area contributed by atoms with Crippen LogP contribution >= 0.6 is 12.2 Å². The van der Waals surface area contributed by atoms with Gasteiger partial charge < -0.3 is 0 Å². The van der Waals surface area contributed by atoms with Gasteiger partial charge in [-0.3, -0.25) is 9.67 Å². The van der Waals surface area contributed by atoms with Gasteiger partial charge in [-0.1, -0.05) is 18.2 Å². The Hall–Kier alpha value is -1.69. The molecule has 0 aliphatic carbocycles. The predicted octanol–water partition coefficient (Wildman–Crippen LogP) is 1.42. The van der Waals surface area contributed by atoms with E-state index in [0.29, 0.717) is 5.56 Å². The number of hydrogen-bond donors (Lipinski definition) is 2. The molecule has 0 saturated carbocycles. The number of benzene rings is 1. The molecule has 1 aromatic heterocycles. The van der Waals surface area contributed by atoms with Crippen LogP contribution in [0.25, 0.3) is 0 Å². The predicted molar refractivity (Wildman–Crippen MR) is 55.7 cm³/mol. The van der Waals surface area contributed by atoms with Crippen molar-refractivity contribution in [2.75, 3.05) is 0 Å². The third-order valence-corrected chi connectivity index (χ3v) is 2.38. The first-order valence-corrected chi connectivity index (χ1v) is 4.70.